The lowest BCUT2D eigenvalue weighted by Crippen LogP contribution is -2.57. The highest BCUT2D eigenvalue weighted by molar-refractivity contribution is 5.94. The molecule has 2 rings (SSSR count). The lowest BCUT2D eigenvalue weighted by atomic mass is 10.0. The third-order valence-corrected chi connectivity index (χ3v) is 5.78. The van der Waals surface area contributed by atoms with Gasteiger partial charge in [-0.25, -0.2) is 14.8 Å². The maximum absolute atomic E-state index is 13.3. The Hall–Kier alpha value is -4.31. The van der Waals surface area contributed by atoms with Gasteiger partial charge in [0.15, 0.2) is 0 Å². The summed E-state index contributed by atoms with van der Waals surface area (Å²) in [5.41, 5.74) is 12.5. The van der Waals surface area contributed by atoms with Crippen molar-refractivity contribution in [2.24, 2.45) is 11.5 Å². The minimum absolute atomic E-state index is 0.0432. The third-order valence-electron chi connectivity index (χ3n) is 5.78. The molecule has 0 saturated heterocycles. The molecule has 214 valence electrons. The molecule has 3 amide bonds. The number of carboxylic acid groups (broad SMARTS) is 2. The minimum atomic E-state index is -1.38. The topological polar surface area (TPSA) is 271 Å². The van der Waals surface area contributed by atoms with Crippen LogP contribution in [0.2, 0.25) is 0 Å². The molecule has 0 aliphatic carbocycles. The number of rotatable bonds is 18. The van der Waals surface area contributed by atoms with Crippen molar-refractivity contribution in [2.75, 3.05) is 6.54 Å². The summed E-state index contributed by atoms with van der Waals surface area (Å²) in [6, 6.07) is -4.89. The Bertz CT molecular complexity index is 1080. The number of nitrogens with zero attached hydrogens (tertiary/aromatic N) is 2. The fourth-order valence-corrected chi connectivity index (χ4v) is 3.66. The van der Waals surface area contributed by atoms with Crippen molar-refractivity contribution in [3.05, 3.63) is 36.4 Å². The van der Waals surface area contributed by atoms with Crippen molar-refractivity contribution in [3.8, 4) is 0 Å². The van der Waals surface area contributed by atoms with Gasteiger partial charge in [-0.3, -0.25) is 19.2 Å². The number of aliphatic carboxylic acids is 2. The van der Waals surface area contributed by atoms with E-state index in [1.807, 2.05) is 0 Å². The maximum atomic E-state index is 13.3. The molecule has 16 nitrogen and oxygen atoms in total. The molecule has 0 saturated carbocycles. The summed E-state index contributed by atoms with van der Waals surface area (Å²) in [7, 11) is 0. The van der Waals surface area contributed by atoms with Crippen molar-refractivity contribution in [3.63, 3.8) is 0 Å². The van der Waals surface area contributed by atoms with Gasteiger partial charge in [0.25, 0.3) is 0 Å². The van der Waals surface area contributed by atoms with E-state index in [0.717, 1.165) is 0 Å². The number of nitrogens with one attached hydrogen (secondary N) is 5. The molecule has 0 aliphatic heterocycles. The number of hydrogen-bond donors (Lipinski definition) is 9. The van der Waals surface area contributed by atoms with E-state index in [9.17, 15) is 29.1 Å². The standard InChI is InChI=1S/C23H35N9O7/c24-6-2-1-3-17(23(38)39)31-21(36)16(4-5-19(33)34)30-22(37)18(8-14-10-27-12-29-14)32-20(35)15(25)7-13-9-26-11-28-13/h9-12,15-18H,1-8,24-25H2,(H,26,28)(H,27,29)(H,30,37)(H,31,36)(H,32,35)(H,33,34)(H,38,39). The molecule has 4 atom stereocenters. The van der Waals surface area contributed by atoms with E-state index >= 15 is 0 Å². The van der Waals surface area contributed by atoms with Crippen LogP contribution in [0.5, 0.6) is 0 Å². The Morgan fingerprint density at radius 1 is 0.795 bits per heavy atom. The number of aromatic nitrogens is 4. The summed E-state index contributed by atoms with van der Waals surface area (Å²) < 4.78 is 0. The zero-order chi connectivity index (χ0) is 28.8. The Labute approximate surface area is 223 Å². The van der Waals surface area contributed by atoms with Gasteiger partial charge in [0.1, 0.15) is 18.1 Å². The van der Waals surface area contributed by atoms with Gasteiger partial charge in [0.05, 0.1) is 18.7 Å². The van der Waals surface area contributed by atoms with Crippen molar-refractivity contribution >= 4 is 29.7 Å². The summed E-state index contributed by atoms with van der Waals surface area (Å²) in [6.45, 7) is 0.354. The molecule has 0 fully saturated rings. The summed E-state index contributed by atoms with van der Waals surface area (Å²) in [4.78, 5) is 75.2. The Morgan fingerprint density at radius 2 is 1.36 bits per heavy atom. The molecule has 4 unspecified atom stereocenters. The van der Waals surface area contributed by atoms with Crippen LogP contribution in [-0.4, -0.2) is 90.5 Å². The highest BCUT2D eigenvalue weighted by atomic mass is 16.4. The number of carbonyl (C=O) groups is 5. The van der Waals surface area contributed by atoms with E-state index in [2.05, 4.69) is 35.9 Å². The second kappa shape index (κ2) is 15.8. The summed E-state index contributed by atoms with van der Waals surface area (Å²) in [6.07, 6.45) is 6.16. The molecule has 2 aromatic heterocycles. The molecule has 16 heteroatoms. The number of hydrogen-bond acceptors (Lipinski definition) is 9. The molecule has 11 N–H and O–H groups in total. The number of nitrogens with two attached hydrogens (primary N) is 2. The van der Waals surface area contributed by atoms with Crippen molar-refractivity contribution in [2.45, 2.75) is 69.1 Å². The van der Waals surface area contributed by atoms with Crippen LogP contribution >= 0.6 is 0 Å². The van der Waals surface area contributed by atoms with Crippen LogP contribution in [0, 0.1) is 0 Å². The van der Waals surface area contributed by atoms with E-state index in [1.54, 1.807) is 0 Å². The Morgan fingerprint density at radius 3 is 1.90 bits per heavy atom. The van der Waals surface area contributed by atoms with Gasteiger partial charge < -0.3 is 47.6 Å². The van der Waals surface area contributed by atoms with Gasteiger partial charge in [-0.15, -0.1) is 0 Å². The first-order chi connectivity index (χ1) is 18.6. The van der Waals surface area contributed by atoms with Gasteiger partial charge in [-0.1, -0.05) is 0 Å². The van der Waals surface area contributed by atoms with Gasteiger partial charge in [-0.05, 0) is 32.2 Å². The van der Waals surface area contributed by atoms with Crippen LogP contribution in [0.3, 0.4) is 0 Å². The molecule has 0 spiro atoms. The highest BCUT2D eigenvalue weighted by Gasteiger charge is 2.31. The largest absolute Gasteiger partial charge is 0.481 e. The monoisotopic (exact) mass is 549 g/mol. The predicted octanol–water partition coefficient (Wildman–Crippen LogP) is -2.22. The average molecular weight is 550 g/mol. The molecule has 0 aromatic carbocycles. The molecular formula is C23H35N9O7. The van der Waals surface area contributed by atoms with E-state index in [-0.39, 0.29) is 25.7 Å². The number of amides is 3. The number of aromatic amines is 2. The van der Waals surface area contributed by atoms with E-state index in [0.29, 0.717) is 30.8 Å². The number of carbonyl (C=O) groups excluding carboxylic acids is 3. The molecule has 39 heavy (non-hydrogen) atoms. The molecule has 0 radical (unpaired) electrons. The third kappa shape index (κ3) is 10.9. The first-order valence-corrected chi connectivity index (χ1v) is 12.4. The number of imidazole rings is 2. The zero-order valence-corrected chi connectivity index (χ0v) is 21.3. The van der Waals surface area contributed by atoms with Crippen LogP contribution < -0.4 is 27.4 Å². The molecule has 2 aromatic rings. The molecule has 0 aliphatic rings. The summed E-state index contributed by atoms with van der Waals surface area (Å²) >= 11 is 0. The lowest BCUT2D eigenvalue weighted by molar-refractivity contribution is -0.143. The van der Waals surface area contributed by atoms with Gasteiger partial charge >= 0.3 is 11.9 Å². The highest BCUT2D eigenvalue weighted by Crippen LogP contribution is 2.07. The van der Waals surface area contributed by atoms with E-state index < -0.39 is 60.2 Å². The van der Waals surface area contributed by atoms with E-state index in [1.165, 1.54) is 25.0 Å². The van der Waals surface area contributed by atoms with Crippen molar-refractivity contribution < 1.29 is 34.2 Å². The lowest BCUT2D eigenvalue weighted by Gasteiger charge is -2.25. The zero-order valence-electron chi connectivity index (χ0n) is 21.3. The molecular weight excluding hydrogens is 514 g/mol. The van der Waals surface area contributed by atoms with Gasteiger partial charge in [0, 0.05) is 43.0 Å². The SMILES string of the molecule is NCCCCC(NC(=O)C(CCC(=O)O)NC(=O)C(Cc1cnc[nH]1)NC(=O)C(N)Cc1cnc[nH]1)C(=O)O. The van der Waals surface area contributed by atoms with Gasteiger partial charge in [0.2, 0.25) is 17.7 Å². The minimum Gasteiger partial charge on any atom is -0.481 e. The van der Waals surface area contributed by atoms with Crippen LogP contribution in [0.15, 0.2) is 25.0 Å². The normalized spacial score (nSPS) is 14.0. The summed E-state index contributed by atoms with van der Waals surface area (Å²) in [5, 5.41) is 26.0. The smallest absolute Gasteiger partial charge is 0.326 e. The first-order valence-electron chi connectivity index (χ1n) is 12.4. The molecule has 0 bridgehead atoms. The number of unbranched alkanes of at least 4 members (excludes halogenated alkanes) is 1. The Kier molecular flexibility index (Phi) is 12.5. The predicted molar refractivity (Wildman–Crippen MR) is 136 cm³/mol. The summed E-state index contributed by atoms with van der Waals surface area (Å²) in [5.74, 6) is -4.81. The van der Waals surface area contributed by atoms with Crippen molar-refractivity contribution in [1.82, 2.24) is 35.9 Å². The second-order valence-electron chi connectivity index (χ2n) is 8.91. The second-order valence-corrected chi connectivity index (χ2v) is 8.91. The average Bonchev–Trinajstić information content (AvgIpc) is 3.59. The maximum Gasteiger partial charge on any atom is 0.326 e. The Balaban J connectivity index is 2.16. The first kappa shape index (κ1) is 30.9. The fourth-order valence-electron chi connectivity index (χ4n) is 3.66. The van der Waals surface area contributed by atoms with Crippen LogP contribution in [0.25, 0.3) is 0 Å². The number of H-pyrrole nitrogens is 2. The van der Waals surface area contributed by atoms with Crippen molar-refractivity contribution in [1.29, 1.82) is 0 Å². The van der Waals surface area contributed by atoms with Crippen LogP contribution in [0.1, 0.15) is 43.5 Å². The fraction of sp³-hybridized carbons (Fsp3) is 0.522. The van der Waals surface area contributed by atoms with Crippen LogP contribution in [0.4, 0.5) is 0 Å². The number of carboxylic acids is 2. The quantitative estimate of drug-likeness (QED) is 0.0898. The molecule has 2 heterocycles. The van der Waals surface area contributed by atoms with Gasteiger partial charge in [-0.2, -0.15) is 0 Å². The van der Waals surface area contributed by atoms with Crippen LogP contribution in [-0.2, 0) is 36.8 Å². The van der Waals surface area contributed by atoms with E-state index in [4.69, 9.17) is 16.6 Å².